The lowest BCUT2D eigenvalue weighted by Crippen LogP contribution is -2.01. The Morgan fingerprint density at radius 1 is 1.64 bits per heavy atom. The van der Waals surface area contributed by atoms with Gasteiger partial charge in [-0.3, -0.25) is 0 Å². The third-order valence-corrected chi connectivity index (χ3v) is 1.82. The minimum atomic E-state index is 0.140. The molecule has 0 saturated heterocycles. The summed E-state index contributed by atoms with van der Waals surface area (Å²) in [6, 6.07) is 0. The van der Waals surface area contributed by atoms with Crippen molar-refractivity contribution in [1.82, 2.24) is 0 Å². The highest BCUT2D eigenvalue weighted by molar-refractivity contribution is 5.03. The molecular formula is C9H16O2. The Hall–Kier alpha value is -0.340. The lowest BCUT2D eigenvalue weighted by atomic mass is 10.3. The van der Waals surface area contributed by atoms with E-state index >= 15 is 0 Å². The van der Waals surface area contributed by atoms with Crippen LogP contribution in [0.15, 0.2) is 12.2 Å². The predicted molar refractivity (Wildman–Crippen MR) is 44.4 cm³/mol. The summed E-state index contributed by atoms with van der Waals surface area (Å²) >= 11 is 0. The molecular weight excluding hydrogens is 140 g/mol. The van der Waals surface area contributed by atoms with Crippen molar-refractivity contribution in [2.75, 3.05) is 13.2 Å². The first kappa shape index (κ1) is 8.75. The molecule has 1 aliphatic carbocycles. The van der Waals surface area contributed by atoms with Crippen LogP contribution < -0.4 is 0 Å². The summed E-state index contributed by atoms with van der Waals surface area (Å²) in [6.07, 6.45) is 7.01. The van der Waals surface area contributed by atoms with Crippen molar-refractivity contribution >= 4 is 0 Å². The van der Waals surface area contributed by atoms with E-state index in [0.29, 0.717) is 18.6 Å². The third-order valence-electron chi connectivity index (χ3n) is 1.82. The highest BCUT2D eigenvalue weighted by atomic mass is 16.5. The molecule has 0 heterocycles. The van der Waals surface area contributed by atoms with Gasteiger partial charge in [-0.1, -0.05) is 19.1 Å². The molecule has 1 N–H and O–H groups in total. The average molecular weight is 156 g/mol. The van der Waals surface area contributed by atoms with Crippen molar-refractivity contribution in [2.24, 2.45) is 5.92 Å². The Morgan fingerprint density at radius 2 is 2.45 bits per heavy atom. The Labute approximate surface area is 67.9 Å². The summed E-state index contributed by atoms with van der Waals surface area (Å²) in [5.74, 6) is 0.626. The van der Waals surface area contributed by atoms with E-state index in [1.165, 1.54) is 0 Å². The summed E-state index contributed by atoms with van der Waals surface area (Å²) in [5, 5.41) is 8.46. The molecule has 0 radical (unpaired) electrons. The summed E-state index contributed by atoms with van der Waals surface area (Å²) in [7, 11) is 0. The fourth-order valence-electron chi connectivity index (χ4n) is 1.10. The van der Waals surface area contributed by atoms with Gasteiger partial charge in [0.05, 0.1) is 19.3 Å². The minimum Gasteiger partial charge on any atom is -0.394 e. The maximum atomic E-state index is 8.46. The molecule has 0 aromatic rings. The van der Waals surface area contributed by atoms with E-state index in [1.54, 1.807) is 0 Å². The van der Waals surface area contributed by atoms with Gasteiger partial charge in [0.2, 0.25) is 0 Å². The number of hydrogen-bond donors (Lipinski definition) is 1. The van der Waals surface area contributed by atoms with Crippen LogP contribution >= 0.6 is 0 Å². The summed E-state index contributed by atoms with van der Waals surface area (Å²) < 4.78 is 5.31. The van der Waals surface area contributed by atoms with Crippen molar-refractivity contribution in [1.29, 1.82) is 0 Å². The van der Waals surface area contributed by atoms with E-state index in [4.69, 9.17) is 9.84 Å². The van der Waals surface area contributed by atoms with Gasteiger partial charge >= 0.3 is 0 Å². The molecule has 2 atom stereocenters. The smallest absolute Gasteiger partial charge is 0.0701 e. The monoisotopic (exact) mass is 156 g/mol. The lowest BCUT2D eigenvalue weighted by Gasteiger charge is -1.96. The summed E-state index contributed by atoms with van der Waals surface area (Å²) in [5.41, 5.74) is 0. The largest absolute Gasteiger partial charge is 0.394 e. The first-order valence-corrected chi connectivity index (χ1v) is 4.27. The maximum absolute atomic E-state index is 8.46. The molecule has 11 heavy (non-hydrogen) atoms. The van der Waals surface area contributed by atoms with Gasteiger partial charge in [-0.25, -0.2) is 0 Å². The molecule has 1 rings (SSSR count). The van der Waals surface area contributed by atoms with E-state index < -0.39 is 0 Å². The van der Waals surface area contributed by atoms with Gasteiger partial charge in [-0.15, -0.1) is 0 Å². The third kappa shape index (κ3) is 3.04. The van der Waals surface area contributed by atoms with Crippen LogP contribution in [0.1, 0.15) is 19.8 Å². The molecule has 0 amide bonds. The van der Waals surface area contributed by atoms with Crippen LogP contribution in [0.3, 0.4) is 0 Å². The Balaban J connectivity index is 2.02. The summed E-state index contributed by atoms with van der Waals surface area (Å²) in [4.78, 5) is 0. The number of hydrogen-bond acceptors (Lipinski definition) is 2. The van der Waals surface area contributed by atoms with Gasteiger partial charge in [-0.05, 0) is 12.8 Å². The van der Waals surface area contributed by atoms with Gasteiger partial charge in [0.15, 0.2) is 0 Å². The SMILES string of the molecule is CC/C=C/[C@@H]1C[C@@H]1OCCO. The second-order valence-corrected chi connectivity index (χ2v) is 2.87. The van der Waals surface area contributed by atoms with Crippen LogP contribution in [-0.2, 0) is 4.74 Å². The van der Waals surface area contributed by atoms with Crippen LogP contribution in [-0.4, -0.2) is 24.4 Å². The van der Waals surface area contributed by atoms with E-state index in [2.05, 4.69) is 19.1 Å². The molecule has 1 saturated carbocycles. The molecule has 0 unspecified atom stereocenters. The van der Waals surface area contributed by atoms with E-state index in [9.17, 15) is 0 Å². The number of rotatable bonds is 5. The molecule has 2 heteroatoms. The predicted octanol–water partition coefficient (Wildman–Crippen LogP) is 1.35. The molecule has 0 aromatic heterocycles. The summed E-state index contributed by atoms with van der Waals surface area (Å²) in [6.45, 7) is 2.75. The van der Waals surface area contributed by atoms with Gasteiger partial charge in [-0.2, -0.15) is 0 Å². The normalized spacial score (nSPS) is 29.6. The first-order chi connectivity index (χ1) is 5.38. The Bertz CT molecular complexity index is 132. The van der Waals surface area contributed by atoms with Crippen LogP contribution in [0, 0.1) is 5.92 Å². The zero-order valence-electron chi connectivity index (χ0n) is 6.99. The van der Waals surface area contributed by atoms with Gasteiger partial charge in [0.25, 0.3) is 0 Å². The molecule has 1 fully saturated rings. The van der Waals surface area contributed by atoms with Gasteiger partial charge < -0.3 is 9.84 Å². The molecule has 2 nitrogen and oxygen atoms in total. The van der Waals surface area contributed by atoms with Crippen LogP contribution in [0.4, 0.5) is 0 Å². The molecule has 64 valence electrons. The maximum Gasteiger partial charge on any atom is 0.0701 e. The second-order valence-electron chi connectivity index (χ2n) is 2.87. The van der Waals surface area contributed by atoms with Gasteiger partial charge in [0, 0.05) is 5.92 Å². The number of allylic oxidation sites excluding steroid dienone is 1. The Kier molecular flexibility index (Phi) is 3.60. The quantitative estimate of drug-likeness (QED) is 0.609. The van der Waals surface area contributed by atoms with Crippen LogP contribution in [0.25, 0.3) is 0 Å². The lowest BCUT2D eigenvalue weighted by molar-refractivity contribution is 0.0760. The number of aliphatic hydroxyl groups is 1. The van der Waals surface area contributed by atoms with E-state index in [0.717, 1.165) is 12.8 Å². The molecule has 0 bridgehead atoms. The first-order valence-electron chi connectivity index (χ1n) is 4.27. The highest BCUT2D eigenvalue weighted by Gasteiger charge is 2.35. The van der Waals surface area contributed by atoms with E-state index in [-0.39, 0.29) is 6.61 Å². The molecule has 0 aliphatic heterocycles. The van der Waals surface area contributed by atoms with E-state index in [1.807, 2.05) is 0 Å². The highest BCUT2D eigenvalue weighted by Crippen LogP contribution is 2.34. The zero-order chi connectivity index (χ0) is 8.10. The number of ether oxygens (including phenoxy) is 1. The zero-order valence-corrected chi connectivity index (χ0v) is 6.99. The molecule has 1 aliphatic rings. The van der Waals surface area contributed by atoms with Crippen molar-refractivity contribution in [3.8, 4) is 0 Å². The minimum absolute atomic E-state index is 0.140. The Morgan fingerprint density at radius 3 is 3.09 bits per heavy atom. The molecule has 0 spiro atoms. The number of aliphatic hydroxyl groups excluding tert-OH is 1. The average Bonchev–Trinajstić information content (AvgIpc) is 2.76. The second kappa shape index (κ2) is 4.52. The van der Waals surface area contributed by atoms with Crippen LogP contribution in [0.5, 0.6) is 0 Å². The van der Waals surface area contributed by atoms with Crippen molar-refractivity contribution in [2.45, 2.75) is 25.9 Å². The van der Waals surface area contributed by atoms with Gasteiger partial charge in [0.1, 0.15) is 0 Å². The van der Waals surface area contributed by atoms with Crippen LogP contribution in [0.2, 0.25) is 0 Å². The molecule has 0 aromatic carbocycles. The van der Waals surface area contributed by atoms with Crippen molar-refractivity contribution < 1.29 is 9.84 Å². The standard InChI is InChI=1S/C9H16O2/c1-2-3-4-8-7-9(8)11-6-5-10/h3-4,8-10H,2,5-7H2,1H3/b4-3+/t8-,9+/m1/s1. The van der Waals surface area contributed by atoms with Crippen molar-refractivity contribution in [3.05, 3.63) is 12.2 Å². The topological polar surface area (TPSA) is 29.5 Å². The van der Waals surface area contributed by atoms with Crippen molar-refractivity contribution in [3.63, 3.8) is 0 Å². The fraction of sp³-hybridized carbons (Fsp3) is 0.778. The fourth-order valence-corrected chi connectivity index (χ4v) is 1.10.